The summed E-state index contributed by atoms with van der Waals surface area (Å²) in [6.07, 6.45) is -0.810. The van der Waals surface area contributed by atoms with Crippen molar-refractivity contribution in [2.75, 3.05) is 30.0 Å². The molecule has 0 aliphatic heterocycles. The molecule has 2 aromatic carbocycles. The number of carbonyl (C=O) groups excluding carboxylic acids is 1. The molecule has 12 heteroatoms. The molecule has 1 fully saturated rings. The van der Waals surface area contributed by atoms with Gasteiger partial charge in [0, 0.05) is 51.2 Å². The molecule has 1 heterocycles. The minimum atomic E-state index is -4.94. The smallest absolute Gasteiger partial charge is 0.416 e. The Kier molecular flexibility index (Phi) is 10.5. The number of ether oxygens (including phenoxy) is 1. The van der Waals surface area contributed by atoms with Crippen LogP contribution in [0.25, 0.3) is 0 Å². The number of methoxy groups -OCH3 is 1. The third-order valence-corrected chi connectivity index (χ3v) is 9.53. The molecule has 2 aliphatic rings. The molecule has 256 valence electrons. The Labute approximate surface area is 271 Å². The molecule has 2 aliphatic carbocycles. The van der Waals surface area contributed by atoms with Gasteiger partial charge in [-0.15, -0.1) is 0 Å². The van der Waals surface area contributed by atoms with E-state index in [9.17, 15) is 31.1 Å². The Balaban J connectivity index is 1.50. The largest absolute Gasteiger partial charge is 0.469 e. The highest BCUT2D eigenvalue weighted by Crippen LogP contribution is 2.38. The third kappa shape index (κ3) is 8.43. The number of carbonyl (C=O) groups is 1. The van der Waals surface area contributed by atoms with E-state index < -0.39 is 23.5 Å². The molecule has 0 amide bonds. The monoisotopic (exact) mass is 664 g/mol. The minimum Gasteiger partial charge on any atom is -0.469 e. The van der Waals surface area contributed by atoms with Gasteiger partial charge in [0.2, 0.25) is 0 Å². The summed E-state index contributed by atoms with van der Waals surface area (Å²) < 4.78 is 88.9. The van der Waals surface area contributed by atoms with Crippen LogP contribution in [0, 0.1) is 11.8 Å². The number of aryl methyl sites for hydroxylation is 3. The first kappa shape index (κ1) is 34.6. The van der Waals surface area contributed by atoms with Crippen molar-refractivity contribution in [3.63, 3.8) is 0 Å². The fourth-order valence-corrected chi connectivity index (χ4v) is 7.03. The lowest BCUT2D eigenvalue weighted by molar-refractivity contribution is -0.147. The lowest BCUT2D eigenvalue weighted by Gasteiger charge is -2.35. The highest BCUT2D eigenvalue weighted by atomic mass is 19.4. The molecule has 0 saturated heterocycles. The van der Waals surface area contributed by atoms with E-state index in [-0.39, 0.29) is 36.6 Å². The van der Waals surface area contributed by atoms with Crippen LogP contribution in [-0.2, 0) is 54.9 Å². The molecular formula is C35H42F6N4O2. The molecule has 0 unspecified atom stereocenters. The van der Waals surface area contributed by atoms with Crippen molar-refractivity contribution in [3.05, 3.63) is 76.0 Å². The van der Waals surface area contributed by atoms with Gasteiger partial charge in [-0.3, -0.25) is 9.48 Å². The predicted molar refractivity (Wildman–Crippen MR) is 168 cm³/mol. The van der Waals surface area contributed by atoms with Crippen LogP contribution in [0.1, 0.15) is 78.8 Å². The second-order valence-electron chi connectivity index (χ2n) is 12.9. The van der Waals surface area contributed by atoms with E-state index in [2.05, 4.69) is 29.1 Å². The number of rotatable bonds is 10. The van der Waals surface area contributed by atoms with E-state index in [0.717, 1.165) is 87.8 Å². The van der Waals surface area contributed by atoms with E-state index >= 15 is 0 Å². The molecular weight excluding hydrogens is 622 g/mol. The van der Waals surface area contributed by atoms with Crippen LogP contribution in [0.3, 0.4) is 0 Å². The van der Waals surface area contributed by atoms with Crippen LogP contribution in [0.15, 0.2) is 42.6 Å². The molecule has 0 radical (unpaired) electrons. The molecule has 1 aromatic heterocycles. The topological polar surface area (TPSA) is 50.6 Å². The van der Waals surface area contributed by atoms with Crippen LogP contribution < -0.4 is 9.80 Å². The first-order valence-electron chi connectivity index (χ1n) is 16.3. The van der Waals surface area contributed by atoms with Gasteiger partial charge in [-0.25, -0.2) is 0 Å². The standard InChI is InChI=1S/C35H42F6N4O2/c1-4-44(20-23-9-11-25(12-10-23)33(46)47-3)31-18-27-8-6-5-7-26(27)17-28(31)22-45(32-13-14-43(2)42-32)21-24-15-29(34(36,37)38)19-30(16-24)35(39,40)41/h13-19,23,25H,4-12,20-22H2,1-3H3/t23-,25-. The number of esters is 1. The fraction of sp³-hybridized carbons (Fsp3) is 0.543. The Morgan fingerprint density at radius 1 is 0.894 bits per heavy atom. The van der Waals surface area contributed by atoms with E-state index in [0.29, 0.717) is 11.7 Å². The number of fused-ring (bicyclic) bond motifs is 1. The van der Waals surface area contributed by atoms with Gasteiger partial charge in [0.15, 0.2) is 5.82 Å². The van der Waals surface area contributed by atoms with E-state index in [4.69, 9.17) is 4.74 Å². The molecule has 5 rings (SSSR count). The number of benzene rings is 2. The van der Waals surface area contributed by atoms with Crippen LogP contribution in [0.5, 0.6) is 0 Å². The third-order valence-electron chi connectivity index (χ3n) is 9.53. The highest BCUT2D eigenvalue weighted by molar-refractivity contribution is 5.72. The van der Waals surface area contributed by atoms with Crippen molar-refractivity contribution >= 4 is 17.5 Å². The molecule has 47 heavy (non-hydrogen) atoms. The Hall–Kier alpha value is -3.70. The Bertz CT molecular complexity index is 1510. The number of alkyl halides is 6. The normalized spacial score (nSPS) is 18.5. The zero-order chi connectivity index (χ0) is 33.9. The fourth-order valence-electron chi connectivity index (χ4n) is 7.03. The van der Waals surface area contributed by atoms with Gasteiger partial charge in [0.25, 0.3) is 0 Å². The van der Waals surface area contributed by atoms with Crippen LogP contribution in [0.2, 0.25) is 0 Å². The van der Waals surface area contributed by atoms with Gasteiger partial charge in [-0.05, 0) is 111 Å². The number of nitrogens with zero attached hydrogens (tertiary/aromatic N) is 4. The second kappa shape index (κ2) is 14.2. The Morgan fingerprint density at radius 3 is 2.04 bits per heavy atom. The average Bonchev–Trinajstić information content (AvgIpc) is 3.48. The summed E-state index contributed by atoms with van der Waals surface area (Å²) in [5.41, 5.74) is 1.69. The zero-order valence-electron chi connectivity index (χ0n) is 27.1. The number of aromatic nitrogens is 2. The summed E-state index contributed by atoms with van der Waals surface area (Å²) >= 11 is 0. The van der Waals surface area contributed by atoms with Gasteiger partial charge in [0.05, 0.1) is 24.2 Å². The van der Waals surface area contributed by atoms with Crippen molar-refractivity contribution in [1.82, 2.24) is 9.78 Å². The van der Waals surface area contributed by atoms with Crippen molar-refractivity contribution in [2.24, 2.45) is 18.9 Å². The molecule has 6 nitrogen and oxygen atoms in total. The molecule has 1 saturated carbocycles. The lowest BCUT2D eigenvalue weighted by atomic mass is 9.81. The summed E-state index contributed by atoms with van der Waals surface area (Å²) in [5, 5.41) is 4.50. The van der Waals surface area contributed by atoms with Crippen LogP contribution in [-0.4, -0.2) is 35.9 Å². The van der Waals surface area contributed by atoms with E-state index in [1.165, 1.54) is 18.2 Å². The summed E-state index contributed by atoms with van der Waals surface area (Å²) in [5.74, 6) is 0.584. The van der Waals surface area contributed by atoms with Crippen molar-refractivity contribution in [3.8, 4) is 0 Å². The molecule has 0 atom stereocenters. The lowest BCUT2D eigenvalue weighted by Crippen LogP contribution is -2.34. The van der Waals surface area contributed by atoms with E-state index in [1.54, 1.807) is 28.9 Å². The molecule has 0 spiro atoms. The summed E-state index contributed by atoms with van der Waals surface area (Å²) in [6.45, 7) is 3.62. The maximum absolute atomic E-state index is 13.7. The quantitative estimate of drug-likeness (QED) is 0.161. The average molecular weight is 665 g/mol. The number of anilines is 2. The van der Waals surface area contributed by atoms with Gasteiger partial charge in [-0.2, -0.15) is 31.4 Å². The number of hydrogen-bond donors (Lipinski definition) is 0. The molecule has 3 aromatic rings. The van der Waals surface area contributed by atoms with Gasteiger partial charge in [-0.1, -0.05) is 6.07 Å². The minimum absolute atomic E-state index is 0.0775. The van der Waals surface area contributed by atoms with Crippen LogP contribution >= 0.6 is 0 Å². The molecule has 0 N–H and O–H groups in total. The number of halogens is 6. The molecule has 0 bridgehead atoms. The predicted octanol–water partition coefficient (Wildman–Crippen LogP) is 8.35. The first-order chi connectivity index (χ1) is 22.2. The first-order valence-corrected chi connectivity index (χ1v) is 16.3. The summed E-state index contributed by atoms with van der Waals surface area (Å²) in [4.78, 5) is 16.2. The summed E-state index contributed by atoms with van der Waals surface area (Å²) in [6, 6.07) is 7.87. The van der Waals surface area contributed by atoms with Gasteiger partial charge >= 0.3 is 18.3 Å². The van der Waals surface area contributed by atoms with E-state index in [1.807, 2.05) is 0 Å². The summed E-state index contributed by atoms with van der Waals surface area (Å²) in [7, 11) is 3.13. The van der Waals surface area contributed by atoms with Crippen molar-refractivity contribution in [1.29, 1.82) is 0 Å². The Morgan fingerprint density at radius 2 is 1.51 bits per heavy atom. The second-order valence-corrected chi connectivity index (χ2v) is 12.9. The van der Waals surface area contributed by atoms with Gasteiger partial charge in [0.1, 0.15) is 0 Å². The zero-order valence-corrected chi connectivity index (χ0v) is 27.1. The van der Waals surface area contributed by atoms with Gasteiger partial charge < -0.3 is 14.5 Å². The maximum atomic E-state index is 13.7. The SMILES string of the molecule is CCN(C[C@H]1CC[C@H](C(=O)OC)CC1)c1cc2c(cc1CN(Cc1cc(C(F)(F)F)cc(C(F)(F)F)c1)c1ccn(C)n1)CCCC2. The number of hydrogen-bond acceptors (Lipinski definition) is 5. The van der Waals surface area contributed by atoms with Crippen molar-refractivity contribution in [2.45, 2.75) is 83.7 Å². The highest BCUT2D eigenvalue weighted by Gasteiger charge is 2.37. The maximum Gasteiger partial charge on any atom is 0.416 e. The van der Waals surface area contributed by atoms with Crippen LogP contribution in [0.4, 0.5) is 37.8 Å². The van der Waals surface area contributed by atoms with Crippen molar-refractivity contribution < 1.29 is 35.9 Å².